The van der Waals surface area contributed by atoms with Gasteiger partial charge in [-0.2, -0.15) is 5.10 Å². The van der Waals surface area contributed by atoms with Crippen LogP contribution in [0.25, 0.3) is 0 Å². The molecule has 8 heteroatoms. The standard InChI is InChI=1S/C9H10N4O3S/c1-2-16-6(14)4-17-9-11-7-5(3-10-13-7)8(15)12-9/h3,5H,2,4H2,1H3,(H,11,12,13,15). The Balaban J connectivity index is 1.94. The van der Waals surface area contributed by atoms with E-state index in [1.54, 1.807) is 6.92 Å². The fourth-order valence-electron chi connectivity index (χ4n) is 1.28. The average molecular weight is 254 g/mol. The Hall–Kier alpha value is -1.70. The lowest BCUT2D eigenvalue weighted by Gasteiger charge is -2.16. The Bertz CT molecular complexity index is 444. The van der Waals surface area contributed by atoms with E-state index in [1.807, 2.05) is 0 Å². The van der Waals surface area contributed by atoms with Gasteiger partial charge in [0, 0.05) is 6.21 Å². The summed E-state index contributed by atoms with van der Waals surface area (Å²) in [6.45, 7) is 2.07. The molecule has 90 valence electrons. The topological polar surface area (TPSA) is 92.5 Å². The molecule has 0 aromatic heterocycles. The van der Waals surface area contributed by atoms with E-state index in [0.717, 1.165) is 11.8 Å². The lowest BCUT2D eigenvalue weighted by Crippen LogP contribution is -2.42. The number of ether oxygens (including phenoxy) is 1. The smallest absolute Gasteiger partial charge is 0.316 e. The number of hydrogen-bond donors (Lipinski definition) is 1. The molecule has 2 heterocycles. The van der Waals surface area contributed by atoms with Gasteiger partial charge in [-0.05, 0) is 6.92 Å². The van der Waals surface area contributed by atoms with Crippen molar-refractivity contribution in [2.24, 2.45) is 21.1 Å². The van der Waals surface area contributed by atoms with Crippen molar-refractivity contribution < 1.29 is 14.3 Å². The average Bonchev–Trinajstić information content (AvgIpc) is 2.75. The summed E-state index contributed by atoms with van der Waals surface area (Å²) in [6.07, 6.45) is 1.43. The monoisotopic (exact) mass is 254 g/mol. The molecule has 2 aliphatic heterocycles. The second-order valence-electron chi connectivity index (χ2n) is 3.20. The largest absolute Gasteiger partial charge is 0.465 e. The minimum absolute atomic E-state index is 0.103. The fourth-order valence-corrected chi connectivity index (χ4v) is 1.95. The van der Waals surface area contributed by atoms with Crippen LogP contribution in [0.4, 0.5) is 0 Å². The van der Waals surface area contributed by atoms with Gasteiger partial charge in [0.2, 0.25) is 5.91 Å². The second kappa shape index (κ2) is 5.09. The van der Waals surface area contributed by atoms with Gasteiger partial charge in [0.1, 0.15) is 5.92 Å². The molecule has 0 aliphatic carbocycles. The minimum Gasteiger partial charge on any atom is -0.465 e. The van der Waals surface area contributed by atoms with Crippen molar-refractivity contribution in [3.63, 3.8) is 0 Å². The molecule has 17 heavy (non-hydrogen) atoms. The lowest BCUT2D eigenvalue weighted by molar-refractivity contribution is -0.139. The molecular weight excluding hydrogens is 244 g/mol. The van der Waals surface area contributed by atoms with E-state index in [9.17, 15) is 9.59 Å². The Morgan fingerprint density at radius 3 is 3.24 bits per heavy atom. The number of hydrogen-bond acceptors (Lipinski definition) is 7. The number of amidine groups is 2. The third-order valence-electron chi connectivity index (χ3n) is 2.01. The van der Waals surface area contributed by atoms with Crippen molar-refractivity contribution in [1.29, 1.82) is 0 Å². The first-order valence-electron chi connectivity index (χ1n) is 4.99. The summed E-state index contributed by atoms with van der Waals surface area (Å²) in [5, 5.41) is 10.3. The Morgan fingerprint density at radius 2 is 2.47 bits per heavy atom. The van der Waals surface area contributed by atoms with Crippen molar-refractivity contribution in [2.45, 2.75) is 6.92 Å². The summed E-state index contributed by atoms with van der Waals surface area (Å²) in [7, 11) is 0. The van der Waals surface area contributed by atoms with Crippen LogP contribution in [0, 0.1) is 5.92 Å². The van der Waals surface area contributed by atoms with E-state index < -0.39 is 5.92 Å². The van der Waals surface area contributed by atoms with Gasteiger partial charge in [0.05, 0.1) is 12.4 Å². The van der Waals surface area contributed by atoms with Crippen molar-refractivity contribution in [3.05, 3.63) is 0 Å². The highest BCUT2D eigenvalue weighted by Gasteiger charge is 2.31. The predicted molar refractivity (Wildman–Crippen MR) is 64.1 cm³/mol. The number of fused-ring (bicyclic) bond motifs is 1. The summed E-state index contributed by atoms with van der Waals surface area (Å²) < 4.78 is 4.76. The summed E-state index contributed by atoms with van der Waals surface area (Å²) in [4.78, 5) is 26.8. The van der Waals surface area contributed by atoms with E-state index in [0.29, 0.717) is 17.6 Å². The van der Waals surface area contributed by atoms with Crippen LogP contribution in [0.5, 0.6) is 0 Å². The molecule has 0 aromatic rings. The predicted octanol–water partition coefficient (Wildman–Crippen LogP) is -0.217. The number of rotatable bonds is 3. The molecule has 0 spiro atoms. The number of aliphatic imine (C=N–C) groups is 1. The maximum absolute atomic E-state index is 11.6. The Morgan fingerprint density at radius 1 is 1.65 bits per heavy atom. The lowest BCUT2D eigenvalue weighted by atomic mass is 10.1. The highest BCUT2D eigenvalue weighted by Crippen LogP contribution is 2.15. The number of thioether (sulfide) groups is 1. The molecule has 0 saturated heterocycles. The van der Waals surface area contributed by atoms with Crippen LogP contribution in [-0.4, -0.2) is 41.5 Å². The molecule has 0 fully saturated rings. The third-order valence-corrected chi connectivity index (χ3v) is 2.86. The van der Waals surface area contributed by atoms with Gasteiger partial charge in [-0.15, -0.1) is 5.10 Å². The molecule has 0 radical (unpaired) electrons. The van der Waals surface area contributed by atoms with Crippen LogP contribution in [-0.2, 0) is 14.3 Å². The second-order valence-corrected chi connectivity index (χ2v) is 4.16. The third kappa shape index (κ3) is 2.70. The molecule has 0 saturated carbocycles. The van der Waals surface area contributed by atoms with Crippen LogP contribution in [0.2, 0.25) is 0 Å². The molecule has 1 atom stereocenters. The molecule has 2 aliphatic rings. The van der Waals surface area contributed by atoms with Crippen LogP contribution in [0.3, 0.4) is 0 Å². The first-order valence-corrected chi connectivity index (χ1v) is 5.98. The Labute approximate surface area is 101 Å². The quantitative estimate of drug-likeness (QED) is 0.705. The molecule has 1 N–H and O–H groups in total. The Kier molecular flexibility index (Phi) is 3.52. The van der Waals surface area contributed by atoms with Crippen LogP contribution < -0.4 is 5.32 Å². The van der Waals surface area contributed by atoms with E-state index in [-0.39, 0.29) is 17.6 Å². The van der Waals surface area contributed by atoms with Gasteiger partial charge < -0.3 is 10.1 Å². The van der Waals surface area contributed by atoms with Gasteiger partial charge in [-0.1, -0.05) is 11.8 Å². The number of esters is 1. The van der Waals surface area contributed by atoms with E-state index in [1.165, 1.54) is 6.21 Å². The number of carbonyl (C=O) groups is 2. The zero-order valence-corrected chi connectivity index (χ0v) is 9.86. The molecule has 1 amide bonds. The summed E-state index contributed by atoms with van der Waals surface area (Å²) in [6, 6.07) is 0. The van der Waals surface area contributed by atoms with Gasteiger partial charge in [-0.3, -0.25) is 9.59 Å². The van der Waals surface area contributed by atoms with Gasteiger partial charge >= 0.3 is 5.97 Å². The number of amides is 1. The molecule has 0 bridgehead atoms. The molecule has 1 unspecified atom stereocenters. The molecule has 2 rings (SSSR count). The van der Waals surface area contributed by atoms with E-state index in [2.05, 4.69) is 20.5 Å². The molecule has 0 aromatic carbocycles. The van der Waals surface area contributed by atoms with E-state index >= 15 is 0 Å². The summed E-state index contributed by atoms with van der Waals surface area (Å²) in [5.41, 5.74) is 0. The fraction of sp³-hybridized carbons (Fsp3) is 0.444. The SMILES string of the molecule is CCOC(=O)CSC1=NC2=NN=CC2C(=O)N1. The minimum atomic E-state index is -0.498. The van der Waals surface area contributed by atoms with Crippen LogP contribution >= 0.6 is 11.8 Å². The molecular formula is C9H10N4O3S. The van der Waals surface area contributed by atoms with Gasteiger partial charge in [0.25, 0.3) is 0 Å². The van der Waals surface area contributed by atoms with Crippen molar-refractivity contribution in [2.75, 3.05) is 12.4 Å². The number of carbonyl (C=O) groups excluding carboxylic acids is 2. The van der Waals surface area contributed by atoms with E-state index in [4.69, 9.17) is 4.74 Å². The van der Waals surface area contributed by atoms with Crippen molar-refractivity contribution >= 4 is 40.9 Å². The molecule has 7 nitrogen and oxygen atoms in total. The maximum atomic E-state index is 11.6. The maximum Gasteiger partial charge on any atom is 0.316 e. The number of nitrogens with one attached hydrogen (secondary N) is 1. The highest BCUT2D eigenvalue weighted by molar-refractivity contribution is 8.14. The van der Waals surface area contributed by atoms with Crippen molar-refractivity contribution in [3.8, 4) is 0 Å². The summed E-state index contributed by atoms with van der Waals surface area (Å²) >= 11 is 1.11. The zero-order chi connectivity index (χ0) is 12.3. The van der Waals surface area contributed by atoms with Gasteiger partial charge in [0.15, 0.2) is 11.0 Å². The normalized spacial score (nSPS) is 21.5. The first kappa shape index (κ1) is 11.8. The van der Waals surface area contributed by atoms with Crippen molar-refractivity contribution in [1.82, 2.24) is 5.32 Å². The van der Waals surface area contributed by atoms with Crippen LogP contribution in [0.15, 0.2) is 15.2 Å². The highest BCUT2D eigenvalue weighted by atomic mass is 32.2. The zero-order valence-electron chi connectivity index (χ0n) is 9.04. The number of nitrogens with zero attached hydrogens (tertiary/aromatic N) is 3. The first-order chi connectivity index (χ1) is 8.20. The summed E-state index contributed by atoms with van der Waals surface area (Å²) in [5.74, 6) is -0.610. The van der Waals surface area contributed by atoms with Gasteiger partial charge in [-0.25, -0.2) is 4.99 Å². The van der Waals surface area contributed by atoms with Crippen LogP contribution in [0.1, 0.15) is 6.92 Å².